The van der Waals surface area contributed by atoms with E-state index < -0.39 is 0 Å². The topological polar surface area (TPSA) is 41.1 Å². The fourth-order valence-electron chi connectivity index (χ4n) is 2.52. The molecule has 0 saturated heterocycles. The van der Waals surface area contributed by atoms with E-state index in [4.69, 9.17) is 0 Å². The second-order valence-electron chi connectivity index (χ2n) is 5.98. The first-order chi connectivity index (χ1) is 9.56. The molecule has 1 amide bonds. The van der Waals surface area contributed by atoms with Gasteiger partial charge in [0.25, 0.3) is 0 Å². The Bertz CT molecular complexity index is 466. The number of benzene rings is 1. The van der Waals surface area contributed by atoms with Crippen LogP contribution in [0.4, 0.5) is 0 Å². The van der Waals surface area contributed by atoms with E-state index in [1.807, 2.05) is 0 Å². The Kier molecular flexibility index (Phi) is 5.18. The number of nitrogens with one attached hydrogen (secondary N) is 2. The summed E-state index contributed by atoms with van der Waals surface area (Å²) < 4.78 is 0. The number of carbonyl (C=O) groups is 1. The lowest BCUT2D eigenvalue weighted by molar-refractivity contribution is -0.121. The highest BCUT2D eigenvalue weighted by molar-refractivity contribution is 5.76. The number of rotatable bonds is 7. The lowest BCUT2D eigenvalue weighted by Gasteiger charge is -2.17. The van der Waals surface area contributed by atoms with E-state index >= 15 is 0 Å². The van der Waals surface area contributed by atoms with E-state index in [0.717, 1.165) is 25.8 Å². The minimum Gasteiger partial charge on any atom is -0.353 e. The molecule has 1 fully saturated rings. The molecular formula is C17H26N2O. The molecule has 2 rings (SSSR count). The second kappa shape index (κ2) is 6.89. The van der Waals surface area contributed by atoms with E-state index in [-0.39, 0.29) is 5.91 Å². The van der Waals surface area contributed by atoms with Crippen LogP contribution in [0, 0.1) is 13.8 Å². The Balaban J connectivity index is 1.68. The number of hydrogen-bond acceptors (Lipinski definition) is 2. The average molecular weight is 274 g/mol. The molecule has 0 bridgehead atoms. The van der Waals surface area contributed by atoms with Crippen LogP contribution in [-0.2, 0) is 4.79 Å². The van der Waals surface area contributed by atoms with Crippen molar-refractivity contribution in [2.45, 2.75) is 58.5 Å². The molecule has 110 valence electrons. The molecule has 3 nitrogen and oxygen atoms in total. The Morgan fingerprint density at radius 2 is 2.10 bits per heavy atom. The van der Waals surface area contributed by atoms with Crippen LogP contribution in [-0.4, -0.2) is 18.5 Å². The van der Waals surface area contributed by atoms with Crippen LogP contribution in [0.3, 0.4) is 0 Å². The summed E-state index contributed by atoms with van der Waals surface area (Å²) in [6, 6.07) is 7.38. The van der Waals surface area contributed by atoms with Gasteiger partial charge in [-0.25, -0.2) is 0 Å². The summed E-state index contributed by atoms with van der Waals surface area (Å²) in [6.07, 6.45) is 3.85. The van der Waals surface area contributed by atoms with E-state index in [1.165, 1.54) is 16.7 Å². The third-order valence-electron chi connectivity index (χ3n) is 3.87. The smallest absolute Gasteiger partial charge is 0.220 e. The van der Waals surface area contributed by atoms with Crippen molar-refractivity contribution in [2.24, 2.45) is 0 Å². The lowest BCUT2D eigenvalue weighted by Crippen LogP contribution is -2.27. The third kappa shape index (κ3) is 4.64. The van der Waals surface area contributed by atoms with Gasteiger partial charge in [-0.05, 0) is 57.7 Å². The van der Waals surface area contributed by atoms with Crippen molar-refractivity contribution in [3.8, 4) is 0 Å². The first kappa shape index (κ1) is 15.0. The van der Waals surface area contributed by atoms with E-state index in [0.29, 0.717) is 18.5 Å². The van der Waals surface area contributed by atoms with Gasteiger partial charge in [-0.15, -0.1) is 0 Å². The predicted octanol–water partition coefficient (Wildman–Crippen LogP) is 3.01. The van der Waals surface area contributed by atoms with Crippen molar-refractivity contribution in [2.75, 3.05) is 6.54 Å². The number of hydrogen-bond donors (Lipinski definition) is 2. The van der Waals surface area contributed by atoms with E-state index in [2.05, 4.69) is 49.6 Å². The van der Waals surface area contributed by atoms with Crippen molar-refractivity contribution >= 4 is 5.91 Å². The zero-order chi connectivity index (χ0) is 14.5. The standard InChI is InChI=1S/C17H26N2O/c1-12-6-9-16(13(2)11-12)14(3)18-10-4-5-17(20)19-15-7-8-15/h6,9,11,14-15,18H,4-5,7-8,10H2,1-3H3,(H,19,20). The van der Waals surface area contributed by atoms with Crippen LogP contribution >= 0.6 is 0 Å². The fourth-order valence-corrected chi connectivity index (χ4v) is 2.52. The highest BCUT2D eigenvalue weighted by atomic mass is 16.1. The van der Waals surface area contributed by atoms with Gasteiger partial charge in [-0.2, -0.15) is 0 Å². The Hall–Kier alpha value is -1.35. The maximum Gasteiger partial charge on any atom is 0.220 e. The molecule has 0 aromatic heterocycles. The lowest BCUT2D eigenvalue weighted by atomic mass is 10.0. The predicted molar refractivity (Wildman–Crippen MR) is 82.7 cm³/mol. The Labute approximate surface area is 122 Å². The van der Waals surface area contributed by atoms with Crippen molar-refractivity contribution in [1.82, 2.24) is 10.6 Å². The molecule has 1 unspecified atom stereocenters. The van der Waals surface area contributed by atoms with Crippen LogP contribution < -0.4 is 10.6 Å². The highest BCUT2D eigenvalue weighted by Gasteiger charge is 2.22. The summed E-state index contributed by atoms with van der Waals surface area (Å²) in [7, 11) is 0. The SMILES string of the molecule is Cc1ccc(C(C)NCCCC(=O)NC2CC2)c(C)c1. The van der Waals surface area contributed by atoms with Crippen molar-refractivity contribution < 1.29 is 4.79 Å². The van der Waals surface area contributed by atoms with Crippen LogP contribution in [0.1, 0.15) is 55.3 Å². The molecule has 3 heteroatoms. The van der Waals surface area contributed by atoms with Crippen molar-refractivity contribution in [1.29, 1.82) is 0 Å². The van der Waals surface area contributed by atoms with Crippen LogP contribution in [0.25, 0.3) is 0 Å². The van der Waals surface area contributed by atoms with Gasteiger partial charge in [0.05, 0.1) is 0 Å². The molecule has 0 aliphatic heterocycles. The summed E-state index contributed by atoms with van der Waals surface area (Å²) >= 11 is 0. The molecule has 20 heavy (non-hydrogen) atoms. The molecule has 1 aromatic carbocycles. The largest absolute Gasteiger partial charge is 0.353 e. The molecule has 1 aliphatic carbocycles. The van der Waals surface area contributed by atoms with Gasteiger partial charge in [0.15, 0.2) is 0 Å². The molecule has 1 saturated carbocycles. The minimum atomic E-state index is 0.202. The van der Waals surface area contributed by atoms with Crippen molar-refractivity contribution in [3.63, 3.8) is 0 Å². The summed E-state index contributed by atoms with van der Waals surface area (Å²) in [5.41, 5.74) is 3.98. The van der Waals surface area contributed by atoms with Crippen LogP contribution in [0.5, 0.6) is 0 Å². The zero-order valence-corrected chi connectivity index (χ0v) is 12.8. The van der Waals surface area contributed by atoms with Crippen molar-refractivity contribution in [3.05, 3.63) is 34.9 Å². The second-order valence-corrected chi connectivity index (χ2v) is 5.98. The van der Waals surface area contributed by atoms with E-state index in [1.54, 1.807) is 0 Å². The third-order valence-corrected chi connectivity index (χ3v) is 3.87. The molecule has 1 atom stereocenters. The molecule has 1 aromatic rings. The summed E-state index contributed by atoms with van der Waals surface area (Å²) in [5.74, 6) is 0.202. The van der Waals surface area contributed by atoms with Gasteiger partial charge in [0.2, 0.25) is 5.91 Å². The summed E-state index contributed by atoms with van der Waals surface area (Å²) in [5, 5.41) is 6.53. The fraction of sp³-hybridized carbons (Fsp3) is 0.588. The Morgan fingerprint density at radius 3 is 2.75 bits per heavy atom. The molecule has 0 radical (unpaired) electrons. The quantitative estimate of drug-likeness (QED) is 0.750. The average Bonchev–Trinajstić information content (AvgIpc) is 3.18. The minimum absolute atomic E-state index is 0.202. The van der Waals surface area contributed by atoms with Gasteiger partial charge >= 0.3 is 0 Å². The van der Waals surface area contributed by atoms with Gasteiger partial charge in [0, 0.05) is 18.5 Å². The molecule has 0 spiro atoms. The number of amides is 1. The molecule has 2 N–H and O–H groups in total. The first-order valence-corrected chi connectivity index (χ1v) is 7.66. The maximum absolute atomic E-state index is 11.6. The monoisotopic (exact) mass is 274 g/mol. The van der Waals surface area contributed by atoms with Gasteiger partial charge in [-0.3, -0.25) is 4.79 Å². The maximum atomic E-state index is 11.6. The van der Waals surface area contributed by atoms with Gasteiger partial charge in [-0.1, -0.05) is 23.8 Å². The summed E-state index contributed by atoms with van der Waals surface area (Å²) in [4.78, 5) is 11.6. The van der Waals surface area contributed by atoms with Crippen LogP contribution in [0.2, 0.25) is 0 Å². The zero-order valence-electron chi connectivity index (χ0n) is 12.8. The van der Waals surface area contributed by atoms with E-state index in [9.17, 15) is 4.79 Å². The molecule has 0 heterocycles. The first-order valence-electron chi connectivity index (χ1n) is 7.66. The van der Waals surface area contributed by atoms with Crippen LogP contribution in [0.15, 0.2) is 18.2 Å². The Morgan fingerprint density at radius 1 is 1.35 bits per heavy atom. The summed E-state index contributed by atoms with van der Waals surface area (Å²) in [6.45, 7) is 7.34. The highest BCUT2D eigenvalue weighted by Crippen LogP contribution is 2.19. The normalized spacial score (nSPS) is 15.9. The number of carbonyl (C=O) groups excluding carboxylic acids is 1. The van der Waals surface area contributed by atoms with Gasteiger partial charge in [0.1, 0.15) is 0 Å². The molecular weight excluding hydrogens is 248 g/mol. The molecule has 1 aliphatic rings. The number of aryl methyl sites for hydroxylation is 2. The van der Waals surface area contributed by atoms with Gasteiger partial charge < -0.3 is 10.6 Å².